The molecule has 0 N–H and O–H groups in total. The molecule has 28 heavy (non-hydrogen) atoms. The van der Waals surface area contributed by atoms with E-state index >= 15 is 0 Å². The maximum absolute atomic E-state index is 12.5. The van der Waals surface area contributed by atoms with Gasteiger partial charge in [-0.05, 0) is 59.6 Å². The highest BCUT2D eigenvalue weighted by Crippen LogP contribution is 2.36. The molecule has 142 valence electrons. The van der Waals surface area contributed by atoms with Gasteiger partial charge in [-0.25, -0.2) is 9.97 Å². The van der Waals surface area contributed by atoms with Gasteiger partial charge < -0.3 is 0 Å². The summed E-state index contributed by atoms with van der Waals surface area (Å²) in [5.41, 5.74) is 2.52. The standard InChI is InChI=1S/C21H19BrN4OS/c22-14-8-9-19-23-15(11-20(27)26(19)12-14)13-25-10-4-3-6-17(25)21-24-16-5-1-2-7-18(16)28-21/h1-2,5,7-9,11-12,17H,3-4,6,10,13H2/t17-/m0/s1. The van der Waals surface area contributed by atoms with Gasteiger partial charge in [-0.1, -0.05) is 18.6 Å². The average molecular weight is 455 g/mol. The molecule has 4 heterocycles. The van der Waals surface area contributed by atoms with Crippen molar-refractivity contribution in [1.82, 2.24) is 19.3 Å². The summed E-state index contributed by atoms with van der Waals surface area (Å²) in [7, 11) is 0. The molecule has 3 aromatic heterocycles. The third-order valence-corrected chi connectivity index (χ3v) is 6.86. The van der Waals surface area contributed by atoms with E-state index in [1.54, 1.807) is 28.0 Å². The predicted octanol–water partition coefficient (Wildman–Crippen LogP) is 4.79. The van der Waals surface area contributed by atoms with Crippen LogP contribution in [0.15, 0.2) is 57.9 Å². The van der Waals surface area contributed by atoms with E-state index in [9.17, 15) is 4.79 Å². The molecule has 5 nitrogen and oxygen atoms in total. The maximum Gasteiger partial charge on any atom is 0.258 e. The Kier molecular flexibility index (Phi) is 4.74. The fraction of sp³-hybridized carbons (Fsp3) is 0.286. The van der Waals surface area contributed by atoms with E-state index in [1.807, 2.05) is 18.2 Å². The number of rotatable bonds is 3. The van der Waals surface area contributed by atoms with E-state index in [-0.39, 0.29) is 11.6 Å². The summed E-state index contributed by atoms with van der Waals surface area (Å²) in [6.45, 7) is 1.67. The zero-order valence-electron chi connectivity index (χ0n) is 15.2. The summed E-state index contributed by atoms with van der Waals surface area (Å²) in [6, 6.07) is 14.0. The van der Waals surface area contributed by atoms with Crippen LogP contribution in [0.1, 0.15) is 36.0 Å². The van der Waals surface area contributed by atoms with E-state index in [0.29, 0.717) is 12.2 Å². The molecule has 1 fully saturated rings. The molecule has 0 amide bonds. The van der Waals surface area contributed by atoms with Crippen LogP contribution in [0.25, 0.3) is 15.9 Å². The molecule has 0 saturated carbocycles. The van der Waals surface area contributed by atoms with E-state index in [1.165, 1.54) is 22.5 Å². The van der Waals surface area contributed by atoms with Gasteiger partial charge in [-0.2, -0.15) is 0 Å². The molecule has 0 bridgehead atoms. The summed E-state index contributed by atoms with van der Waals surface area (Å²) < 4.78 is 3.67. The molecular formula is C21H19BrN4OS. The van der Waals surface area contributed by atoms with Crippen LogP contribution in [0, 0.1) is 0 Å². The Balaban J connectivity index is 1.48. The van der Waals surface area contributed by atoms with Crippen LogP contribution < -0.4 is 5.56 Å². The SMILES string of the molecule is O=c1cc(CN2CCCC[C@H]2c2nc3ccccc3s2)nc2ccc(Br)cn12. The van der Waals surface area contributed by atoms with Crippen molar-refractivity contribution in [3.63, 3.8) is 0 Å². The molecule has 0 aliphatic carbocycles. The smallest absolute Gasteiger partial charge is 0.258 e. The predicted molar refractivity (Wildman–Crippen MR) is 116 cm³/mol. The molecule has 4 aromatic rings. The first-order chi connectivity index (χ1) is 13.7. The van der Waals surface area contributed by atoms with Crippen molar-refractivity contribution < 1.29 is 0 Å². The van der Waals surface area contributed by atoms with Crippen molar-refractivity contribution in [3.8, 4) is 0 Å². The second-order valence-electron chi connectivity index (χ2n) is 7.16. The number of benzene rings is 1. The number of nitrogens with zero attached hydrogens (tertiary/aromatic N) is 4. The number of thiazole rings is 1. The number of aromatic nitrogens is 3. The van der Waals surface area contributed by atoms with Crippen LogP contribution in [0.2, 0.25) is 0 Å². The zero-order chi connectivity index (χ0) is 19.1. The Labute approximate surface area is 174 Å². The lowest BCUT2D eigenvalue weighted by Crippen LogP contribution is -2.33. The van der Waals surface area contributed by atoms with Gasteiger partial charge in [0.15, 0.2) is 0 Å². The lowest BCUT2D eigenvalue weighted by molar-refractivity contribution is 0.138. The Morgan fingerprint density at radius 3 is 2.93 bits per heavy atom. The van der Waals surface area contributed by atoms with Gasteiger partial charge in [0.1, 0.15) is 10.7 Å². The van der Waals surface area contributed by atoms with E-state index in [4.69, 9.17) is 9.97 Å². The first kappa shape index (κ1) is 18.0. The lowest BCUT2D eigenvalue weighted by Gasteiger charge is -2.34. The molecular weight excluding hydrogens is 436 g/mol. The Morgan fingerprint density at radius 1 is 1.14 bits per heavy atom. The van der Waals surface area contributed by atoms with Crippen LogP contribution in [0.4, 0.5) is 0 Å². The van der Waals surface area contributed by atoms with Gasteiger partial charge in [0.25, 0.3) is 5.56 Å². The average Bonchev–Trinajstić information content (AvgIpc) is 3.13. The molecule has 7 heteroatoms. The second kappa shape index (κ2) is 7.39. The highest BCUT2D eigenvalue weighted by atomic mass is 79.9. The van der Waals surface area contributed by atoms with E-state index in [2.05, 4.69) is 39.0 Å². The van der Waals surface area contributed by atoms with Crippen molar-refractivity contribution in [2.45, 2.75) is 31.8 Å². The summed E-state index contributed by atoms with van der Waals surface area (Å²) in [4.78, 5) is 24.6. The quantitative estimate of drug-likeness (QED) is 0.446. The summed E-state index contributed by atoms with van der Waals surface area (Å²) in [5, 5.41) is 1.17. The third-order valence-electron chi connectivity index (χ3n) is 5.25. The highest BCUT2D eigenvalue weighted by Gasteiger charge is 2.27. The molecule has 5 rings (SSSR count). The van der Waals surface area contributed by atoms with Gasteiger partial charge in [-0.15, -0.1) is 11.3 Å². The van der Waals surface area contributed by atoms with E-state index < -0.39 is 0 Å². The Bertz CT molecular complexity index is 1180. The number of fused-ring (bicyclic) bond motifs is 2. The van der Waals surface area contributed by atoms with Crippen LogP contribution in [0.3, 0.4) is 0 Å². The third kappa shape index (κ3) is 3.38. The number of hydrogen-bond donors (Lipinski definition) is 0. The fourth-order valence-electron chi connectivity index (χ4n) is 3.91. The van der Waals surface area contributed by atoms with E-state index in [0.717, 1.165) is 28.6 Å². The van der Waals surface area contributed by atoms with Crippen LogP contribution in [-0.4, -0.2) is 25.8 Å². The molecule has 0 spiro atoms. The first-order valence-corrected chi connectivity index (χ1v) is 11.1. The number of halogens is 1. The van der Waals surface area contributed by atoms with Crippen molar-refractivity contribution in [3.05, 3.63) is 74.2 Å². The highest BCUT2D eigenvalue weighted by molar-refractivity contribution is 9.10. The van der Waals surface area contributed by atoms with Crippen molar-refractivity contribution >= 4 is 43.1 Å². The van der Waals surface area contributed by atoms with Gasteiger partial charge in [0.05, 0.1) is 22.0 Å². The minimum Gasteiger partial charge on any atom is -0.288 e. The topological polar surface area (TPSA) is 50.5 Å². The minimum absolute atomic E-state index is 0.0464. The van der Waals surface area contributed by atoms with Gasteiger partial charge in [0.2, 0.25) is 0 Å². The lowest BCUT2D eigenvalue weighted by atomic mass is 10.0. The molecule has 1 aliphatic heterocycles. The second-order valence-corrected chi connectivity index (χ2v) is 9.14. The van der Waals surface area contributed by atoms with Gasteiger partial charge in [0, 0.05) is 23.3 Å². The normalized spacial score (nSPS) is 18.1. The zero-order valence-corrected chi connectivity index (χ0v) is 17.6. The largest absolute Gasteiger partial charge is 0.288 e. The molecule has 1 atom stereocenters. The minimum atomic E-state index is -0.0464. The number of piperidine rings is 1. The molecule has 1 aromatic carbocycles. The molecule has 1 saturated heterocycles. The molecule has 0 radical (unpaired) electrons. The number of likely N-dealkylation sites (tertiary alicyclic amines) is 1. The number of pyridine rings is 1. The monoisotopic (exact) mass is 454 g/mol. The summed E-state index contributed by atoms with van der Waals surface area (Å²) in [6.07, 6.45) is 5.23. The summed E-state index contributed by atoms with van der Waals surface area (Å²) in [5.74, 6) is 0. The van der Waals surface area contributed by atoms with Crippen LogP contribution in [0.5, 0.6) is 0 Å². The van der Waals surface area contributed by atoms with Gasteiger partial charge >= 0.3 is 0 Å². The molecule has 0 unspecified atom stereocenters. The van der Waals surface area contributed by atoms with Crippen molar-refractivity contribution in [2.75, 3.05) is 6.54 Å². The van der Waals surface area contributed by atoms with Crippen LogP contribution in [-0.2, 0) is 6.54 Å². The summed E-state index contributed by atoms with van der Waals surface area (Å²) >= 11 is 5.19. The molecule has 1 aliphatic rings. The van der Waals surface area contributed by atoms with Crippen LogP contribution >= 0.6 is 27.3 Å². The number of para-hydroxylation sites is 1. The Hall–Kier alpha value is -2.09. The maximum atomic E-state index is 12.5. The van der Waals surface area contributed by atoms with Gasteiger partial charge in [-0.3, -0.25) is 14.1 Å². The van der Waals surface area contributed by atoms with Crippen molar-refractivity contribution in [2.24, 2.45) is 0 Å². The Morgan fingerprint density at radius 2 is 2.04 bits per heavy atom. The number of hydrogen-bond acceptors (Lipinski definition) is 5. The first-order valence-electron chi connectivity index (χ1n) is 9.45. The van der Waals surface area contributed by atoms with Crippen molar-refractivity contribution in [1.29, 1.82) is 0 Å². The fourth-order valence-corrected chi connectivity index (χ4v) is 5.38.